The highest BCUT2D eigenvalue weighted by Crippen LogP contribution is 2.23. The van der Waals surface area contributed by atoms with Crippen molar-refractivity contribution in [1.29, 1.82) is 0 Å². The first kappa shape index (κ1) is 21.9. The number of nitro groups is 1. The van der Waals surface area contributed by atoms with E-state index >= 15 is 0 Å². The molecule has 0 atom stereocenters. The van der Waals surface area contributed by atoms with Gasteiger partial charge in [-0.15, -0.1) is 10.2 Å². The van der Waals surface area contributed by atoms with Crippen LogP contribution in [0.3, 0.4) is 0 Å². The molecule has 0 bridgehead atoms. The van der Waals surface area contributed by atoms with Gasteiger partial charge in [-0.1, -0.05) is 30.0 Å². The maximum Gasteiger partial charge on any atom is 0.269 e. The molecule has 0 saturated carbocycles. The minimum Gasteiger partial charge on any atom is -0.379 e. The molecular formula is C21H22N6O4S. The van der Waals surface area contributed by atoms with Crippen molar-refractivity contribution < 1.29 is 14.5 Å². The highest BCUT2D eigenvalue weighted by Gasteiger charge is 2.19. The molecule has 3 aromatic rings. The van der Waals surface area contributed by atoms with E-state index in [-0.39, 0.29) is 17.3 Å². The number of rotatable bonds is 8. The summed E-state index contributed by atoms with van der Waals surface area (Å²) < 4.78 is 7.39. The first-order chi connectivity index (χ1) is 15.6. The van der Waals surface area contributed by atoms with Gasteiger partial charge in [0, 0.05) is 36.6 Å². The Kier molecular flexibility index (Phi) is 7.10. The first-order valence-electron chi connectivity index (χ1n) is 10.1. The van der Waals surface area contributed by atoms with E-state index in [1.165, 1.54) is 36.0 Å². The molecule has 1 N–H and O–H groups in total. The van der Waals surface area contributed by atoms with Crippen molar-refractivity contribution >= 4 is 29.0 Å². The van der Waals surface area contributed by atoms with Crippen molar-refractivity contribution in [2.24, 2.45) is 0 Å². The van der Waals surface area contributed by atoms with Crippen molar-refractivity contribution in [1.82, 2.24) is 19.7 Å². The first-order valence-corrected chi connectivity index (χ1v) is 11.1. The van der Waals surface area contributed by atoms with E-state index in [0.29, 0.717) is 30.6 Å². The van der Waals surface area contributed by atoms with Crippen LogP contribution in [0.25, 0.3) is 5.69 Å². The molecule has 32 heavy (non-hydrogen) atoms. The fourth-order valence-corrected chi connectivity index (χ4v) is 4.06. The standard InChI is InChI=1S/C21H22N6O4S/c28-20(22-16-6-8-18(9-7-16)27(29)30)15-32-21-24-23-19(14-25-10-12-31-13-11-25)26(21)17-4-2-1-3-5-17/h1-9H,10-15H2,(H,22,28). The van der Waals surface area contributed by atoms with E-state index in [1.54, 1.807) is 0 Å². The second kappa shape index (κ2) is 10.4. The lowest BCUT2D eigenvalue weighted by Crippen LogP contribution is -2.36. The summed E-state index contributed by atoms with van der Waals surface area (Å²) in [7, 11) is 0. The summed E-state index contributed by atoms with van der Waals surface area (Å²) >= 11 is 1.29. The van der Waals surface area contributed by atoms with Gasteiger partial charge >= 0.3 is 0 Å². The van der Waals surface area contributed by atoms with Gasteiger partial charge in [-0.05, 0) is 24.3 Å². The Morgan fingerprint density at radius 2 is 1.81 bits per heavy atom. The number of carbonyl (C=O) groups is 1. The summed E-state index contributed by atoms with van der Waals surface area (Å²) in [5, 5.41) is 22.9. The quantitative estimate of drug-likeness (QED) is 0.314. The van der Waals surface area contributed by atoms with Crippen LogP contribution in [0.15, 0.2) is 59.8 Å². The number of anilines is 1. The monoisotopic (exact) mass is 454 g/mol. The highest BCUT2D eigenvalue weighted by molar-refractivity contribution is 7.99. The molecule has 11 heteroatoms. The van der Waals surface area contributed by atoms with Gasteiger partial charge in [-0.25, -0.2) is 0 Å². The lowest BCUT2D eigenvalue weighted by Gasteiger charge is -2.26. The van der Waals surface area contributed by atoms with E-state index in [1.807, 2.05) is 34.9 Å². The number of benzene rings is 2. The Balaban J connectivity index is 1.45. The van der Waals surface area contributed by atoms with E-state index in [0.717, 1.165) is 24.6 Å². The molecule has 10 nitrogen and oxygen atoms in total. The fraction of sp³-hybridized carbons (Fsp3) is 0.286. The Morgan fingerprint density at radius 3 is 2.50 bits per heavy atom. The van der Waals surface area contributed by atoms with Gasteiger partial charge in [0.05, 0.1) is 30.4 Å². The number of hydrogen-bond donors (Lipinski definition) is 1. The molecule has 1 aliphatic heterocycles. The van der Waals surface area contributed by atoms with Crippen LogP contribution < -0.4 is 5.32 Å². The minimum absolute atomic E-state index is 0.0267. The highest BCUT2D eigenvalue weighted by atomic mass is 32.2. The largest absolute Gasteiger partial charge is 0.379 e. The third kappa shape index (κ3) is 5.49. The average molecular weight is 455 g/mol. The Bertz CT molecular complexity index is 1070. The Labute approximate surface area is 188 Å². The number of carbonyl (C=O) groups excluding carboxylic acids is 1. The lowest BCUT2D eigenvalue weighted by molar-refractivity contribution is -0.384. The number of nitro benzene ring substituents is 1. The number of nitrogens with zero attached hydrogens (tertiary/aromatic N) is 5. The molecule has 2 heterocycles. The van der Waals surface area contributed by atoms with Crippen LogP contribution >= 0.6 is 11.8 Å². The number of ether oxygens (including phenoxy) is 1. The number of nitrogens with one attached hydrogen (secondary N) is 1. The number of thioether (sulfide) groups is 1. The molecule has 1 saturated heterocycles. The topological polar surface area (TPSA) is 115 Å². The second-order valence-electron chi connectivity index (χ2n) is 7.10. The Morgan fingerprint density at radius 1 is 1.09 bits per heavy atom. The van der Waals surface area contributed by atoms with Crippen LogP contribution in [0.5, 0.6) is 0 Å². The smallest absolute Gasteiger partial charge is 0.269 e. The van der Waals surface area contributed by atoms with Gasteiger partial charge in [0.2, 0.25) is 5.91 Å². The van der Waals surface area contributed by atoms with Crippen molar-refractivity contribution in [3.63, 3.8) is 0 Å². The summed E-state index contributed by atoms with van der Waals surface area (Å²) in [6, 6.07) is 15.5. The number of morpholine rings is 1. The van der Waals surface area contributed by atoms with Crippen LogP contribution in [0.2, 0.25) is 0 Å². The predicted octanol–water partition coefficient (Wildman–Crippen LogP) is 2.74. The number of hydrogen-bond acceptors (Lipinski definition) is 8. The molecule has 1 aromatic heterocycles. The second-order valence-corrected chi connectivity index (χ2v) is 8.04. The minimum atomic E-state index is -0.480. The summed E-state index contributed by atoms with van der Waals surface area (Å²) in [6.45, 7) is 3.71. The van der Waals surface area contributed by atoms with Gasteiger partial charge in [0.25, 0.3) is 5.69 Å². The van der Waals surface area contributed by atoms with Gasteiger partial charge < -0.3 is 10.1 Å². The van der Waals surface area contributed by atoms with Crippen LogP contribution in [0.4, 0.5) is 11.4 Å². The van der Waals surface area contributed by atoms with Gasteiger partial charge in [-0.3, -0.25) is 24.4 Å². The predicted molar refractivity (Wildman–Crippen MR) is 120 cm³/mol. The number of para-hydroxylation sites is 1. The molecule has 166 valence electrons. The van der Waals surface area contributed by atoms with Crippen molar-refractivity contribution in [3.05, 3.63) is 70.5 Å². The molecule has 0 aliphatic carbocycles. The molecule has 4 rings (SSSR count). The van der Waals surface area contributed by atoms with E-state index in [2.05, 4.69) is 20.4 Å². The van der Waals surface area contributed by atoms with Crippen molar-refractivity contribution in [2.75, 3.05) is 37.4 Å². The molecule has 1 fully saturated rings. The number of aromatic nitrogens is 3. The third-order valence-electron chi connectivity index (χ3n) is 4.88. The fourth-order valence-electron chi connectivity index (χ4n) is 3.29. The number of amides is 1. The molecule has 1 aliphatic rings. The zero-order chi connectivity index (χ0) is 22.3. The van der Waals surface area contributed by atoms with E-state index in [4.69, 9.17) is 4.74 Å². The van der Waals surface area contributed by atoms with Gasteiger partial charge in [0.15, 0.2) is 11.0 Å². The van der Waals surface area contributed by atoms with E-state index < -0.39 is 4.92 Å². The Hall–Kier alpha value is -3.28. The van der Waals surface area contributed by atoms with Crippen molar-refractivity contribution in [3.8, 4) is 5.69 Å². The molecular weight excluding hydrogens is 432 g/mol. The zero-order valence-corrected chi connectivity index (χ0v) is 18.0. The molecule has 0 unspecified atom stereocenters. The summed E-state index contributed by atoms with van der Waals surface area (Å²) in [5.41, 5.74) is 1.40. The van der Waals surface area contributed by atoms with Gasteiger partial charge in [-0.2, -0.15) is 0 Å². The van der Waals surface area contributed by atoms with Crippen LogP contribution in [0, 0.1) is 10.1 Å². The molecule has 0 spiro atoms. The van der Waals surface area contributed by atoms with Crippen LogP contribution in [-0.4, -0.2) is 62.6 Å². The number of non-ortho nitro benzene ring substituents is 1. The zero-order valence-electron chi connectivity index (χ0n) is 17.2. The lowest BCUT2D eigenvalue weighted by atomic mass is 10.3. The van der Waals surface area contributed by atoms with Crippen molar-refractivity contribution in [2.45, 2.75) is 11.7 Å². The normalized spacial score (nSPS) is 14.2. The summed E-state index contributed by atoms with van der Waals surface area (Å²) in [4.78, 5) is 25.0. The van der Waals surface area contributed by atoms with Crippen LogP contribution in [0.1, 0.15) is 5.82 Å². The maximum atomic E-state index is 12.4. The van der Waals surface area contributed by atoms with Gasteiger partial charge in [0.1, 0.15) is 0 Å². The SMILES string of the molecule is O=C(CSc1nnc(CN2CCOCC2)n1-c1ccccc1)Nc1ccc([N+](=O)[O-])cc1. The van der Waals surface area contributed by atoms with E-state index in [9.17, 15) is 14.9 Å². The third-order valence-corrected chi connectivity index (χ3v) is 5.81. The van der Waals surface area contributed by atoms with Crippen LogP contribution in [-0.2, 0) is 16.1 Å². The molecule has 2 aromatic carbocycles. The average Bonchev–Trinajstić information content (AvgIpc) is 3.21. The molecule has 1 amide bonds. The summed E-state index contributed by atoms with van der Waals surface area (Å²) in [5.74, 6) is 0.692. The maximum absolute atomic E-state index is 12.4. The molecule has 0 radical (unpaired) electrons. The summed E-state index contributed by atoms with van der Waals surface area (Å²) in [6.07, 6.45) is 0.